The predicted octanol–water partition coefficient (Wildman–Crippen LogP) is 6.41. The van der Waals surface area contributed by atoms with E-state index in [1.165, 1.54) is 24.3 Å². The van der Waals surface area contributed by atoms with Crippen LogP contribution in [-0.2, 0) is 22.3 Å². The van der Waals surface area contributed by atoms with Crippen LogP contribution in [0.15, 0.2) is 89.6 Å². The Hall–Kier alpha value is -4.09. The van der Waals surface area contributed by atoms with E-state index >= 15 is 0 Å². The second-order valence-electron chi connectivity index (χ2n) is 11.0. The number of halogens is 4. The SMILES string of the molecule is C=S(=O)(c1ccc(C(F)(F)F)cc1)N(C)[C@H]1CCC2=Cc3c(cnn3-c3ccc(F)cc3)C[C@]2(C(=O)c2ccccn2)C1. The zero-order valence-electron chi connectivity index (χ0n) is 23.2. The molecule has 2 aromatic heterocycles. The number of rotatable bonds is 6. The van der Waals surface area contributed by atoms with Crippen LogP contribution in [0.2, 0.25) is 0 Å². The zero-order valence-corrected chi connectivity index (χ0v) is 24.0. The molecule has 0 spiro atoms. The quantitative estimate of drug-likeness (QED) is 0.144. The van der Waals surface area contributed by atoms with Crippen molar-refractivity contribution in [1.82, 2.24) is 19.1 Å². The standard InChI is InChI=1S/C32H28F4N4O2S/c1-39(43(2,42)27-14-7-22(8-15-27)32(34,35)36)26-11-6-23-17-29-21(20-38-40(29)25-12-9-24(33)10-13-25)18-31(23,19-26)30(41)28-5-3-4-16-37-28/h3-5,7-10,12-17,20,26H,2,6,11,18-19H2,1H3/t26-,31-,43?/m0/s1. The molecule has 2 aliphatic rings. The van der Waals surface area contributed by atoms with Crippen molar-refractivity contribution in [1.29, 1.82) is 0 Å². The van der Waals surface area contributed by atoms with Crippen molar-refractivity contribution in [2.45, 2.75) is 42.8 Å². The van der Waals surface area contributed by atoms with Crippen molar-refractivity contribution < 1.29 is 26.6 Å². The van der Waals surface area contributed by atoms with E-state index in [-0.39, 0.29) is 22.5 Å². The number of fused-ring (bicyclic) bond motifs is 2. The molecule has 2 heterocycles. The lowest BCUT2D eigenvalue weighted by Gasteiger charge is -2.46. The summed E-state index contributed by atoms with van der Waals surface area (Å²) in [4.78, 5) is 18.8. The fourth-order valence-corrected chi connectivity index (χ4v) is 7.74. The summed E-state index contributed by atoms with van der Waals surface area (Å²) in [7, 11) is -1.53. The summed E-state index contributed by atoms with van der Waals surface area (Å²) in [5, 5.41) is 4.55. The van der Waals surface area contributed by atoms with Gasteiger partial charge in [-0.15, -0.1) is 0 Å². The minimum absolute atomic E-state index is 0.164. The second kappa shape index (κ2) is 10.6. The molecule has 11 heteroatoms. The van der Waals surface area contributed by atoms with Gasteiger partial charge in [0.15, 0.2) is 5.78 Å². The number of hydrogen-bond donors (Lipinski definition) is 0. The number of nitrogens with zero attached hydrogens (tertiary/aromatic N) is 4. The summed E-state index contributed by atoms with van der Waals surface area (Å²) in [5.41, 5.74) is 1.69. The van der Waals surface area contributed by atoms with Crippen LogP contribution in [0.4, 0.5) is 17.6 Å². The summed E-state index contributed by atoms with van der Waals surface area (Å²) in [6.07, 6.45) is 2.42. The van der Waals surface area contributed by atoms with Crippen LogP contribution < -0.4 is 0 Å². The van der Waals surface area contributed by atoms with E-state index in [2.05, 4.69) is 16.0 Å². The molecule has 0 aliphatic heterocycles. The third-order valence-corrected chi connectivity index (χ3v) is 10.8. The molecular formula is C32H28F4N4O2S. The molecule has 2 aromatic carbocycles. The third kappa shape index (κ3) is 5.10. The number of benzene rings is 2. The molecule has 0 amide bonds. The number of alkyl halides is 3. The van der Waals surface area contributed by atoms with Crippen molar-refractivity contribution in [3.63, 3.8) is 0 Å². The fourth-order valence-electron chi connectivity index (χ4n) is 6.19. The van der Waals surface area contributed by atoms with E-state index in [9.17, 15) is 26.6 Å². The van der Waals surface area contributed by atoms with Gasteiger partial charge in [0.2, 0.25) is 0 Å². The van der Waals surface area contributed by atoms with Crippen LogP contribution in [0.25, 0.3) is 11.8 Å². The fraction of sp³-hybridized carbons (Fsp3) is 0.250. The monoisotopic (exact) mass is 608 g/mol. The van der Waals surface area contributed by atoms with Crippen LogP contribution in [0.3, 0.4) is 0 Å². The smallest absolute Gasteiger partial charge is 0.291 e. The molecule has 1 saturated carbocycles. The molecule has 43 heavy (non-hydrogen) atoms. The Morgan fingerprint density at radius 3 is 2.47 bits per heavy atom. The van der Waals surface area contributed by atoms with Crippen LogP contribution in [0.5, 0.6) is 0 Å². The van der Waals surface area contributed by atoms with Crippen LogP contribution in [-0.4, -0.2) is 48.0 Å². The summed E-state index contributed by atoms with van der Waals surface area (Å²) >= 11 is 0. The maximum atomic E-state index is 14.3. The molecule has 3 atom stereocenters. The van der Waals surface area contributed by atoms with E-state index in [1.54, 1.807) is 58.8 Å². The summed E-state index contributed by atoms with van der Waals surface area (Å²) in [6.45, 7) is 0. The summed E-state index contributed by atoms with van der Waals surface area (Å²) in [6, 6.07) is 15.0. The van der Waals surface area contributed by atoms with Gasteiger partial charge in [0.05, 0.1) is 38.3 Å². The molecule has 0 saturated heterocycles. The van der Waals surface area contributed by atoms with E-state index in [1.807, 2.05) is 6.08 Å². The molecule has 0 N–H and O–H groups in total. The number of carbonyl (C=O) groups excluding carboxylic acids is 1. The molecule has 6 nitrogen and oxygen atoms in total. The second-order valence-corrected chi connectivity index (χ2v) is 13.3. The Kier molecular flexibility index (Phi) is 7.13. The molecule has 0 radical (unpaired) electrons. The third-order valence-electron chi connectivity index (χ3n) is 8.57. The minimum atomic E-state index is -4.51. The first-order chi connectivity index (χ1) is 20.4. The van der Waals surface area contributed by atoms with Gasteiger partial charge in [-0.3, -0.25) is 9.78 Å². The Morgan fingerprint density at radius 1 is 1.09 bits per heavy atom. The number of allylic oxidation sites excluding steroid dienone is 1. The molecular weight excluding hydrogens is 580 g/mol. The average molecular weight is 609 g/mol. The topological polar surface area (TPSA) is 68.1 Å². The molecule has 4 aromatic rings. The van der Waals surface area contributed by atoms with Gasteiger partial charge in [-0.25, -0.2) is 17.6 Å². The first-order valence-corrected chi connectivity index (χ1v) is 15.4. The molecule has 6 rings (SSSR count). The number of pyridine rings is 1. The highest BCUT2D eigenvalue weighted by Crippen LogP contribution is 2.51. The van der Waals surface area contributed by atoms with Crippen LogP contribution in [0, 0.1) is 11.2 Å². The van der Waals surface area contributed by atoms with Gasteiger partial charge in [0.1, 0.15) is 11.5 Å². The molecule has 1 fully saturated rings. The first-order valence-electron chi connectivity index (χ1n) is 13.7. The normalized spacial score (nSPS) is 21.4. The number of Topliss-reactive ketones (excluding diaryl/α,β-unsaturated/α-hetero) is 1. The van der Waals surface area contributed by atoms with Gasteiger partial charge in [-0.2, -0.15) is 18.3 Å². The van der Waals surface area contributed by atoms with Crippen LogP contribution in [0.1, 0.15) is 46.6 Å². The highest BCUT2D eigenvalue weighted by atomic mass is 32.2. The number of aromatic nitrogens is 3. The maximum absolute atomic E-state index is 14.3. The lowest BCUT2D eigenvalue weighted by atomic mass is 9.60. The van der Waals surface area contributed by atoms with E-state index in [0.717, 1.165) is 29.0 Å². The largest absolute Gasteiger partial charge is 0.416 e. The number of carbonyl (C=O) groups is 1. The number of hydrogen-bond acceptors (Lipinski definition) is 4. The Bertz CT molecular complexity index is 1820. The Morgan fingerprint density at radius 2 is 1.81 bits per heavy atom. The zero-order chi connectivity index (χ0) is 30.6. The Labute approximate surface area is 246 Å². The molecule has 222 valence electrons. The predicted molar refractivity (Wildman–Crippen MR) is 157 cm³/mol. The van der Waals surface area contributed by atoms with E-state index in [4.69, 9.17) is 0 Å². The van der Waals surface area contributed by atoms with Gasteiger partial charge >= 0.3 is 6.18 Å². The Balaban J connectivity index is 1.37. The van der Waals surface area contributed by atoms with E-state index < -0.39 is 26.9 Å². The first kappa shape index (κ1) is 29.0. The van der Waals surface area contributed by atoms with Crippen LogP contribution >= 0.6 is 0 Å². The van der Waals surface area contributed by atoms with Crippen molar-refractivity contribution in [2.24, 2.45) is 5.41 Å². The van der Waals surface area contributed by atoms with Gasteiger partial charge in [0.25, 0.3) is 0 Å². The van der Waals surface area contributed by atoms with E-state index in [0.29, 0.717) is 37.1 Å². The highest BCUT2D eigenvalue weighted by molar-refractivity contribution is 7.98. The van der Waals surface area contributed by atoms with Gasteiger partial charge in [-0.05, 0) is 111 Å². The summed E-state index contributed by atoms with van der Waals surface area (Å²) < 4.78 is 70.4. The maximum Gasteiger partial charge on any atom is 0.416 e. The highest BCUT2D eigenvalue weighted by Gasteiger charge is 2.50. The minimum Gasteiger partial charge on any atom is -0.291 e. The van der Waals surface area contributed by atoms with Crippen molar-refractivity contribution in [3.8, 4) is 5.69 Å². The average Bonchev–Trinajstić information content (AvgIpc) is 3.41. The molecule has 1 unspecified atom stereocenters. The number of ketones is 1. The van der Waals surface area contributed by atoms with Gasteiger partial charge in [-0.1, -0.05) is 11.6 Å². The summed E-state index contributed by atoms with van der Waals surface area (Å²) in [5.74, 6) is 3.41. The lowest BCUT2D eigenvalue weighted by Crippen LogP contribution is -2.49. The van der Waals surface area contributed by atoms with Crippen molar-refractivity contribution in [3.05, 3.63) is 113 Å². The van der Waals surface area contributed by atoms with Crippen molar-refractivity contribution >= 4 is 27.4 Å². The lowest BCUT2D eigenvalue weighted by molar-refractivity contribution is -0.137. The van der Waals surface area contributed by atoms with Crippen molar-refractivity contribution in [2.75, 3.05) is 7.05 Å². The van der Waals surface area contributed by atoms with Gasteiger partial charge in [0, 0.05) is 17.1 Å². The molecule has 2 aliphatic carbocycles. The molecule has 0 bridgehead atoms. The van der Waals surface area contributed by atoms with Gasteiger partial charge < -0.3 is 0 Å².